The number of hydrogen-bond acceptors (Lipinski definition) is 4. The van der Waals surface area contributed by atoms with Gasteiger partial charge >= 0.3 is 0 Å². The number of rotatable bonds is 9. The summed E-state index contributed by atoms with van der Waals surface area (Å²) in [4.78, 5) is 23.6. The Hall–Kier alpha value is -3.41. The van der Waals surface area contributed by atoms with Gasteiger partial charge < -0.3 is 10.1 Å². The van der Waals surface area contributed by atoms with Crippen LogP contribution < -0.4 is 15.5 Å². The molecule has 0 atom stereocenters. The summed E-state index contributed by atoms with van der Waals surface area (Å²) in [5.41, 5.74) is 3.84. The van der Waals surface area contributed by atoms with Gasteiger partial charge in [0, 0.05) is 24.1 Å². The second kappa shape index (κ2) is 10.5. The number of nitrogens with one attached hydrogen (secondary N) is 2. The monoisotopic (exact) mass is 351 g/mol. The van der Waals surface area contributed by atoms with Crippen LogP contribution in [0.4, 0.5) is 5.69 Å². The number of hydrogen-bond donors (Lipinski definition) is 2. The summed E-state index contributed by atoms with van der Waals surface area (Å²) < 4.78 is 5.50. The minimum atomic E-state index is -0.339. The lowest BCUT2D eigenvalue weighted by Gasteiger charge is -2.06. The molecule has 2 amide bonds. The van der Waals surface area contributed by atoms with Crippen LogP contribution in [0, 0.1) is 0 Å². The molecule has 0 unspecified atom stereocenters. The van der Waals surface area contributed by atoms with Crippen molar-refractivity contribution in [1.82, 2.24) is 5.43 Å². The average Bonchev–Trinajstić information content (AvgIpc) is 2.66. The van der Waals surface area contributed by atoms with Gasteiger partial charge in [0.15, 0.2) is 0 Å². The highest BCUT2D eigenvalue weighted by atomic mass is 16.5. The topological polar surface area (TPSA) is 79.8 Å². The Balaban J connectivity index is 1.77. The van der Waals surface area contributed by atoms with Gasteiger partial charge in [-0.05, 0) is 24.3 Å². The summed E-state index contributed by atoms with van der Waals surface area (Å²) >= 11 is 0. The van der Waals surface area contributed by atoms with Gasteiger partial charge in [0.1, 0.15) is 12.4 Å². The van der Waals surface area contributed by atoms with Gasteiger partial charge in [0.2, 0.25) is 11.8 Å². The zero-order valence-electron chi connectivity index (χ0n) is 14.4. The Kier molecular flexibility index (Phi) is 7.61. The number of hydrazone groups is 1. The molecule has 2 rings (SSSR count). The first-order chi connectivity index (χ1) is 12.7. The molecule has 0 aromatic heterocycles. The van der Waals surface area contributed by atoms with Crippen molar-refractivity contribution in [3.05, 3.63) is 72.8 Å². The fourth-order valence-corrected chi connectivity index (χ4v) is 2.07. The molecular formula is C20H21N3O3. The molecule has 6 nitrogen and oxygen atoms in total. The lowest BCUT2D eigenvalue weighted by Crippen LogP contribution is -2.20. The molecule has 0 aliphatic carbocycles. The first-order valence-electron chi connectivity index (χ1n) is 8.18. The van der Waals surface area contributed by atoms with Gasteiger partial charge in [0.25, 0.3) is 0 Å². The van der Waals surface area contributed by atoms with Crippen molar-refractivity contribution >= 4 is 23.7 Å². The van der Waals surface area contributed by atoms with E-state index in [1.54, 1.807) is 24.3 Å². The van der Waals surface area contributed by atoms with E-state index in [0.717, 1.165) is 5.56 Å². The third kappa shape index (κ3) is 6.60. The molecule has 134 valence electrons. The zero-order valence-corrected chi connectivity index (χ0v) is 14.4. The molecular weight excluding hydrogens is 330 g/mol. The molecule has 0 fully saturated rings. The molecule has 0 aliphatic heterocycles. The minimum absolute atomic E-state index is 0.0462. The molecule has 0 saturated carbocycles. The Labute approximate surface area is 152 Å². The summed E-state index contributed by atoms with van der Waals surface area (Å²) in [6.45, 7) is 3.99. The van der Waals surface area contributed by atoms with Crippen LogP contribution in [-0.2, 0) is 9.59 Å². The molecule has 0 heterocycles. The number of carbonyl (C=O) groups excluding carboxylic acids is 2. The van der Waals surface area contributed by atoms with Gasteiger partial charge in [0.05, 0.1) is 6.21 Å². The largest absolute Gasteiger partial charge is 0.489 e. The van der Waals surface area contributed by atoms with Crippen LogP contribution in [0.1, 0.15) is 18.4 Å². The lowest BCUT2D eigenvalue weighted by atomic mass is 10.2. The van der Waals surface area contributed by atoms with E-state index >= 15 is 0 Å². The molecule has 2 aromatic carbocycles. The quantitative estimate of drug-likeness (QED) is 0.414. The fourth-order valence-electron chi connectivity index (χ4n) is 2.07. The number of amides is 2. The fraction of sp³-hybridized carbons (Fsp3) is 0.150. The van der Waals surface area contributed by atoms with E-state index in [2.05, 4.69) is 22.4 Å². The van der Waals surface area contributed by atoms with Crippen molar-refractivity contribution in [2.45, 2.75) is 12.8 Å². The molecule has 0 aliphatic rings. The van der Waals surface area contributed by atoms with E-state index in [4.69, 9.17) is 4.74 Å². The van der Waals surface area contributed by atoms with Crippen molar-refractivity contribution in [3.8, 4) is 5.75 Å². The highest BCUT2D eigenvalue weighted by Crippen LogP contribution is 2.15. The van der Waals surface area contributed by atoms with E-state index in [-0.39, 0.29) is 24.7 Å². The number of anilines is 1. The maximum atomic E-state index is 11.8. The van der Waals surface area contributed by atoms with Crippen molar-refractivity contribution in [2.24, 2.45) is 5.10 Å². The third-order valence-electron chi connectivity index (χ3n) is 3.31. The zero-order chi connectivity index (χ0) is 18.6. The SMILES string of the molecule is C=CCOc1ccccc1C=NNC(=O)CCC(=O)Nc1ccccc1. The van der Waals surface area contributed by atoms with Gasteiger partial charge in [-0.15, -0.1) is 0 Å². The van der Waals surface area contributed by atoms with E-state index in [9.17, 15) is 9.59 Å². The summed E-state index contributed by atoms with van der Waals surface area (Å²) in [5, 5.41) is 6.63. The van der Waals surface area contributed by atoms with Crippen LogP contribution in [0.15, 0.2) is 72.4 Å². The molecule has 26 heavy (non-hydrogen) atoms. The van der Waals surface area contributed by atoms with Crippen LogP contribution >= 0.6 is 0 Å². The van der Waals surface area contributed by atoms with E-state index in [0.29, 0.717) is 18.0 Å². The summed E-state index contributed by atoms with van der Waals surface area (Å²) in [5.74, 6) is 0.0834. The number of para-hydroxylation sites is 2. The van der Waals surface area contributed by atoms with E-state index in [1.165, 1.54) is 6.21 Å². The standard InChI is InChI=1S/C20H21N3O3/c1-2-14-26-18-11-7-6-8-16(18)15-21-23-20(25)13-12-19(24)22-17-9-4-3-5-10-17/h2-11,15H,1,12-14H2,(H,22,24)(H,23,25). The third-order valence-corrected chi connectivity index (χ3v) is 3.31. The average molecular weight is 351 g/mol. The Bertz CT molecular complexity index is 773. The molecule has 2 aromatic rings. The lowest BCUT2D eigenvalue weighted by molar-refractivity contribution is -0.124. The highest BCUT2D eigenvalue weighted by molar-refractivity contribution is 5.93. The predicted octanol–water partition coefficient (Wildman–Crippen LogP) is 3.12. The van der Waals surface area contributed by atoms with E-state index < -0.39 is 0 Å². The highest BCUT2D eigenvalue weighted by Gasteiger charge is 2.06. The molecule has 6 heteroatoms. The van der Waals surface area contributed by atoms with Crippen molar-refractivity contribution in [3.63, 3.8) is 0 Å². The normalized spacial score (nSPS) is 10.3. The maximum absolute atomic E-state index is 11.8. The van der Waals surface area contributed by atoms with Gasteiger partial charge in [-0.25, -0.2) is 5.43 Å². The summed E-state index contributed by atoms with van der Waals surface area (Å²) in [6.07, 6.45) is 3.27. The number of benzene rings is 2. The van der Waals surface area contributed by atoms with Crippen LogP contribution in [0.2, 0.25) is 0 Å². The molecule has 2 N–H and O–H groups in total. The Morgan fingerprint density at radius 3 is 2.46 bits per heavy atom. The summed E-state index contributed by atoms with van der Waals surface area (Å²) in [6, 6.07) is 16.4. The second-order valence-electron chi connectivity index (χ2n) is 5.34. The first-order valence-corrected chi connectivity index (χ1v) is 8.18. The number of carbonyl (C=O) groups is 2. The summed E-state index contributed by atoms with van der Waals surface area (Å²) in [7, 11) is 0. The molecule has 0 radical (unpaired) electrons. The molecule has 0 bridgehead atoms. The number of ether oxygens (including phenoxy) is 1. The van der Waals surface area contributed by atoms with Gasteiger partial charge in [-0.3, -0.25) is 9.59 Å². The maximum Gasteiger partial charge on any atom is 0.240 e. The van der Waals surface area contributed by atoms with Crippen LogP contribution in [-0.4, -0.2) is 24.6 Å². The smallest absolute Gasteiger partial charge is 0.240 e. The Morgan fingerprint density at radius 2 is 1.69 bits per heavy atom. The Morgan fingerprint density at radius 1 is 1.00 bits per heavy atom. The molecule has 0 spiro atoms. The van der Waals surface area contributed by atoms with Crippen LogP contribution in [0.3, 0.4) is 0 Å². The van der Waals surface area contributed by atoms with Gasteiger partial charge in [-0.2, -0.15) is 5.10 Å². The predicted molar refractivity (Wildman–Crippen MR) is 102 cm³/mol. The number of nitrogens with zero attached hydrogens (tertiary/aromatic N) is 1. The second-order valence-corrected chi connectivity index (χ2v) is 5.34. The van der Waals surface area contributed by atoms with Crippen LogP contribution in [0.5, 0.6) is 5.75 Å². The van der Waals surface area contributed by atoms with Crippen molar-refractivity contribution in [1.29, 1.82) is 0 Å². The first kappa shape index (κ1) is 18.9. The van der Waals surface area contributed by atoms with Crippen molar-refractivity contribution in [2.75, 3.05) is 11.9 Å². The van der Waals surface area contributed by atoms with Crippen molar-refractivity contribution < 1.29 is 14.3 Å². The van der Waals surface area contributed by atoms with Crippen LogP contribution in [0.25, 0.3) is 0 Å². The molecule has 0 saturated heterocycles. The van der Waals surface area contributed by atoms with E-state index in [1.807, 2.05) is 36.4 Å². The van der Waals surface area contributed by atoms with Gasteiger partial charge in [-0.1, -0.05) is 43.0 Å². The minimum Gasteiger partial charge on any atom is -0.489 e.